The number of aliphatic carboxylic acids is 1. The molecule has 23 heavy (non-hydrogen) atoms. The Morgan fingerprint density at radius 2 is 1.61 bits per heavy atom. The molecular formula is C15H19BBr2O5. The molecule has 0 radical (unpaired) electrons. The van der Waals surface area contributed by atoms with Crippen LogP contribution in [0, 0.1) is 0 Å². The first-order valence-electron chi connectivity index (χ1n) is 7.20. The molecule has 1 fully saturated rings. The van der Waals surface area contributed by atoms with Gasteiger partial charge in [0.15, 0.2) is 0 Å². The zero-order chi connectivity index (χ0) is 17.6. The number of phenolic OH excluding ortho intramolecular Hbond substituents is 1. The van der Waals surface area contributed by atoms with E-state index in [1.807, 2.05) is 27.7 Å². The number of hydrogen-bond donors (Lipinski definition) is 2. The van der Waals surface area contributed by atoms with Gasteiger partial charge in [-0.1, -0.05) is 0 Å². The largest absolute Gasteiger partial charge is 0.506 e. The molecule has 1 unspecified atom stereocenters. The van der Waals surface area contributed by atoms with E-state index in [0.717, 1.165) is 0 Å². The van der Waals surface area contributed by atoms with Gasteiger partial charge in [0.05, 0.1) is 26.6 Å². The second-order valence-corrected chi connectivity index (χ2v) is 8.37. The Morgan fingerprint density at radius 1 is 1.17 bits per heavy atom. The lowest BCUT2D eigenvalue weighted by Crippen LogP contribution is -2.41. The van der Waals surface area contributed by atoms with Gasteiger partial charge in [-0.15, -0.1) is 0 Å². The number of hydrogen-bond acceptors (Lipinski definition) is 4. The molecule has 8 heteroatoms. The van der Waals surface area contributed by atoms with Crippen molar-refractivity contribution in [1.29, 1.82) is 0 Å². The normalized spacial score (nSPS) is 20.5. The molecule has 0 amide bonds. The molecule has 1 heterocycles. The fourth-order valence-corrected chi connectivity index (χ4v) is 3.63. The zero-order valence-corrected chi connectivity index (χ0v) is 16.6. The predicted molar refractivity (Wildman–Crippen MR) is 94.6 cm³/mol. The lowest BCUT2D eigenvalue weighted by Gasteiger charge is -2.32. The average Bonchev–Trinajstić information content (AvgIpc) is 2.61. The lowest BCUT2D eigenvalue weighted by atomic mass is 9.66. The minimum atomic E-state index is -0.940. The molecule has 0 spiro atoms. The molecule has 1 atom stereocenters. The van der Waals surface area contributed by atoms with Gasteiger partial charge in [-0.3, -0.25) is 4.79 Å². The van der Waals surface area contributed by atoms with Crippen LogP contribution in [0.2, 0.25) is 0 Å². The second kappa shape index (κ2) is 6.39. The van der Waals surface area contributed by atoms with Gasteiger partial charge in [-0.2, -0.15) is 0 Å². The number of halogens is 2. The van der Waals surface area contributed by atoms with Crippen LogP contribution in [0.15, 0.2) is 21.1 Å². The molecule has 0 saturated carbocycles. The summed E-state index contributed by atoms with van der Waals surface area (Å²) in [5, 5.41) is 19.1. The van der Waals surface area contributed by atoms with Crippen molar-refractivity contribution >= 4 is 44.9 Å². The summed E-state index contributed by atoms with van der Waals surface area (Å²) in [6.45, 7) is 7.70. The first-order chi connectivity index (χ1) is 10.4. The van der Waals surface area contributed by atoms with Crippen LogP contribution in [-0.2, 0) is 14.1 Å². The lowest BCUT2D eigenvalue weighted by molar-refractivity contribution is -0.137. The molecule has 1 aliphatic heterocycles. The third-order valence-corrected chi connectivity index (χ3v) is 5.67. The molecule has 2 N–H and O–H groups in total. The summed E-state index contributed by atoms with van der Waals surface area (Å²) in [5.41, 5.74) is -0.373. The highest BCUT2D eigenvalue weighted by Gasteiger charge is 2.54. The third kappa shape index (κ3) is 3.75. The Kier molecular flexibility index (Phi) is 5.21. The smallest absolute Gasteiger partial charge is 0.466 e. The van der Waals surface area contributed by atoms with Gasteiger partial charge < -0.3 is 19.5 Å². The van der Waals surface area contributed by atoms with Crippen molar-refractivity contribution in [2.75, 3.05) is 0 Å². The van der Waals surface area contributed by atoms with E-state index in [2.05, 4.69) is 31.9 Å². The van der Waals surface area contributed by atoms with Gasteiger partial charge in [-0.25, -0.2) is 0 Å². The van der Waals surface area contributed by atoms with E-state index >= 15 is 0 Å². The summed E-state index contributed by atoms with van der Waals surface area (Å²) < 4.78 is 13.0. The fraction of sp³-hybridized carbons (Fsp3) is 0.533. The van der Waals surface area contributed by atoms with E-state index in [4.69, 9.17) is 9.31 Å². The first kappa shape index (κ1) is 18.8. The van der Waals surface area contributed by atoms with Gasteiger partial charge in [-0.05, 0) is 77.3 Å². The van der Waals surface area contributed by atoms with Crippen molar-refractivity contribution in [3.05, 3.63) is 26.6 Å². The van der Waals surface area contributed by atoms with Crippen LogP contribution in [0.4, 0.5) is 0 Å². The molecular weight excluding hydrogens is 431 g/mol. The summed E-state index contributed by atoms with van der Waals surface area (Å²) in [7, 11) is -0.681. The second-order valence-electron chi connectivity index (χ2n) is 6.66. The van der Waals surface area contributed by atoms with Crippen molar-refractivity contribution in [3.63, 3.8) is 0 Å². The molecule has 1 aliphatic rings. The molecule has 1 aromatic carbocycles. The summed E-state index contributed by atoms with van der Waals surface area (Å²) >= 11 is 6.55. The van der Waals surface area contributed by atoms with Gasteiger partial charge in [0.25, 0.3) is 0 Å². The van der Waals surface area contributed by atoms with E-state index in [0.29, 0.717) is 14.5 Å². The van der Waals surface area contributed by atoms with Crippen molar-refractivity contribution in [2.45, 2.75) is 51.1 Å². The van der Waals surface area contributed by atoms with Gasteiger partial charge >= 0.3 is 13.1 Å². The number of rotatable bonds is 4. The van der Waals surface area contributed by atoms with Gasteiger partial charge in [0.1, 0.15) is 5.75 Å². The van der Waals surface area contributed by atoms with E-state index in [9.17, 15) is 15.0 Å². The SMILES string of the molecule is CC1(C)OB(C(CC(=O)O)c2cc(Br)c(O)c(Br)c2)OC1(C)C. The minimum absolute atomic E-state index is 0.0664. The van der Waals surface area contributed by atoms with Crippen LogP contribution in [0.5, 0.6) is 5.75 Å². The minimum Gasteiger partial charge on any atom is -0.506 e. The van der Waals surface area contributed by atoms with Crippen molar-refractivity contribution in [3.8, 4) is 5.75 Å². The third-order valence-electron chi connectivity index (χ3n) is 4.46. The van der Waals surface area contributed by atoms with Crippen LogP contribution in [0.1, 0.15) is 45.5 Å². The van der Waals surface area contributed by atoms with E-state index in [-0.39, 0.29) is 12.2 Å². The molecule has 0 bridgehead atoms. The molecule has 0 aromatic heterocycles. The quantitative estimate of drug-likeness (QED) is 0.676. The molecule has 1 saturated heterocycles. The standard InChI is InChI=1S/C15H19BBr2O5/c1-14(2)15(3,4)23-16(22-14)9(7-12(19)20)8-5-10(17)13(21)11(18)6-8/h5-6,9,21H,7H2,1-4H3,(H,19,20). The number of carbonyl (C=O) groups is 1. The number of carboxylic acid groups (broad SMARTS) is 1. The maximum atomic E-state index is 11.3. The van der Waals surface area contributed by atoms with Crippen molar-refractivity contribution < 1.29 is 24.3 Å². The Morgan fingerprint density at radius 3 is 2.00 bits per heavy atom. The Labute approximate surface area is 152 Å². The number of benzene rings is 1. The summed E-state index contributed by atoms with van der Waals surface area (Å²) in [5.74, 6) is -1.37. The number of aromatic hydroxyl groups is 1. The van der Waals surface area contributed by atoms with Gasteiger partial charge in [0.2, 0.25) is 0 Å². The van der Waals surface area contributed by atoms with Crippen LogP contribution >= 0.6 is 31.9 Å². The van der Waals surface area contributed by atoms with E-state index in [1.165, 1.54) is 0 Å². The van der Waals surface area contributed by atoms with Crippen LogP contribution in [0.25, 0.3) is 0 Å². The highest BCUT2D eigenvalue weighted by atomic mass is 79.9. The molecule has 5 nitrogen and oxygen atoms in total. The van der Waals surface area contributed by atoms with E-state index in [1.54, 1.807) is 12.1 Å². The maximum Gasteiger partial charge on any atom is 0.466 e. The summed E-state index contributed by atoms with van der Waals surface area (Å²) in [6, 6.07) is 3.39. The average molecular weight is 450 g/mol. The zero-order valence-electron chi connectivity index (χ0n) is 13.4. The van der Waals surface area contributed by atoms with Crippen LogP contribution < -0.4 is 0 Å². The van der Waals surface area contributed by atoms with Crippen molar-refractivity contribution in [1.82, 2.24) is 0 Å². The Bertz CT molecular complexity index is 593. The first-order valence-corrected chi connectivity index (χ1v) is 8.78. The fourth-order valence-electron chi connectivity index (χ4n) is 2.41. The molecule has 126 valence electrons. The highest BCUT2D eigenvalue weighted by Crippen LogP contribution is 2.43. The van der Waals surface area contributed by atoms with Gasteiger partial charge in [0, 0.05) is 5.82 Å². The van der Waals surface area contributed by atoms with Crippen LogP contribution in [-0.4, -0.2) is 34.5 Å². The Balaban J connectivity index is 2.41. The number of phenols is 1. The molecule has 1 aromatic rings. The van der Waals surface area contributed by atoms with E-state index < -0.39 is 30.1 Å². The monoisotopic (exact) mass is 448 g/mol. The Hall–Kier alpha value is -0.565. The summed E-state index contributed by atoms with van der Waals surface area (Å²) in [6.07, 6.45) is -0.138. The predicted octanol–water partition coefficient (Wildman–Crippen LogP) is 4.11. The summed E-state index contributed by atoms with van der Waals surface area (Å²) in [4.78, 5) is 11.3. The maximum absolute atomic E-state index is 11.3. The van der Waals surface area contributed by atoms with Crippen LogP contribution in [0.3, 0.4) is 0 Å². The number of carboxylic acids is 1. The molecule has 2 rings (SSSR count). The highest BCUT2D eigenvalue weighted by molar-refractivity contribution is 9.11. The van der Waals surface area contributed by atoms with Crippen molar-refractivity contribution in [2.24, 2.45) is 0 Å². The molecule has 0 aliphatic carbocycles. The topological polar surface area (TPSA) is 76.0 Å².